The molecule has 0 spiro atoms. The van der Waals surface area contributed by atoms with Crippen LogP contribution in [-0.2, 0) is 24.6 Å². The highest BCUT2D eigenvalue weighted by Crippen LogP contribution is 2.30. The molecule has 2 heterocycles. The average Bonchev–Trinajstić information content (AvgIpc) is 3.29. The summed E-state index contributed by atoms with van der Waals surface area (Å²) in [4.78, 5) is 0. The largest absolute Gasteiger partial charge is 0.394 e. The van der Waals surface area contributed by atoms with Gasteiger partial charge in [-0.3, -0.25) is 4.68 Å². The van der Waals surface area contributed by atoms with Crippen LogP contribution in [0, 0.1) is 35.0 Å². The van der Waals surface area contributed by atoms with Gasteiger partial charge in [0.1, 0.15) is 18.3 Å². The van der Waals surface area contributed by atoms with E-state index < -0.39 is 36.6 Å². The lowest BCUT2D eigenvalue weighted by Gasteiger charge is -2.43. The van der Waals surface area contributed by atoms with Crippen molar-refractivity contribution in [3.63, 3.8) is 0 Å². The molecule has 3 aromatic rings. The molecule has 1 aliphatic rings. The van der Waals surface area contributed by atoms with Crippen LogP contribution in [0.1, 0.15) is 27.9 Å². The van der Waals surface area contributed by atoms with Gasteiger partial charge in [-0.15, -0.1) is 0 Å². The van der Waals surface area contributed by atoms with E-state index in [2.05, 4.69) is 34.8 Å². The maximum atomic E-state index is 11.4. The lowest BCUT2D eigenvalue weighted by atomic mass is 9.82. The number of hydrogen-bond donors (Lipinski definition) is 4. The maximum Gasteiger partial charge on any atom is 0.191 e. The molecule has 5 atom stereocenters. The van der Waals surface area contributed by atoms with Crippen LogP contribution in [0.3, 0.4) is 0 Å². The van der Waals surface area contributed by atoms with Gasteiger partial charge in [0.25, 0.3) is 0 Å². The lowest BCUT2D eigenvalue weighted by molar-refractivity contribution is -0.239. The van der Waals surface area contributed by atoms with E-state index in [1.165, 1.54) is 0 Å². The first-order valence-electron chi connectivity index (χ1n) is 11.8. The molecule has 0 saturated carbocycles. The van der Waals surface area contributed by atoms with Gasteiger partial charge >= 0.3 is 0 Å². The van der Waals surface area contributed by atoms with Gasteiger partial charge in [0.15, 0.2) is 11.7 Å². The Hall–Kier alpha value is -3.94. The van der Waals surface area contributed by atoms with Crippen molar-refractivity contribution in [2.45, 2.75) is 42.9 Å². The molecule has 1 saturated heterocycles. The summed E-state index contributed by atoms with van der Waals surface area (Å²) in [6, 6.07) is 18.4. The molecule has 0 amide bonds. The first-order valence-corrected chi connectivity index (χ1v) is 11.8. The standard InChI is InChI=1S/C29H27N3O5/c1-32-24(13-11-21-7-9-22(17-30)10-8-21)23(18-31-32)12-14-26-29(36,16-15-20-5-3-2-4-6-20)28(35)27(34)25(19-33)37-26/h2-10,18,25-28,33-36H,11,13,19H2,1H3/t25-,26-,27-,28+,29-/m1/s1. The van der Waals surface area contributed by atoms with Crippen LogP contribution in [-0.4, -0.2) is 66.8 Å². The molecule has 188 valence electrons. The van der Waals surface area contributed by atoms with Crippen molar-refractivity contribution in [2.75, 3.05) is 6.61 Å². The zero-order chi connectivity index (χ0) is 26.4. The quantitative estimate of drug-likeness (QED) is 0.390. The minimum Gasteiger partial charge on any atom is -0.394 e. The van der Waals surface area contributed by atoms with E-state index in [1.807, 2.05) is 18.2 Å². The number of aliphatic hydroxyl groups excluding tert-OH is 3. The summed E-state index contributed by atoms with van der Waals surface area (Å²) >= 11 is 0. The highest BCUT2D eigenvalue weighted by atomic mass is 16.5. The van der Waals surface area contributed by atoms with E-state index in [-0.39, 0.29) is 0 Å². The van der Waals surface area contributed by atoms with Crippen LogP contribution < -0.4 is 0 Å². The number of nitrogens with zero attached hydrogens (tertiary/aromatic N) is 3. The molecule has 0 unspecified atom stereocenters. The number of aromatic nitrogens is 2. The van der Waals surface area contributed by atoms with E-state index in [0.717, 1.165) is 11.3 Å². The molecule has 0 bridgehead atoms. The molecule has 8 heteroatoms. The molecule has 2 aromatic carbocycles. The summed E-state index contributed by atoms with van der Waals surface area (Å²) < 4.78 is 7.42. The highest BCUT2D eigenvalue weighted by Gasteiger charge is 2.53. The van der Waals surface area contributed by atoms with Crippen molar-refractivity contribution in [3.05, 3.63) is 88.7 Å². The third kappa shape index (κ3) is 5.74. The van der Waals surface area contributed by atoms with E-state index in [4.69, 9.17) is 10.00 Å². The zero-order valence-electron chi connectivity index (χ0n) is 20.2. The first-order chi connectivity index (χ1) is 17.9. The maximum absolute atomic E-state index is 11.4. The highest BCUT2D eigenvalue weighted by molar-refractivity contribution is 5.43. The molecular formula is C29H27N3O5. The Labute approximate surface area is 215 Å². The van der Waals surface area contributed by atoms with Crippen molar-refractivity contribution in [3.8, 4) is 29.8 Å². The Morgan fingerprint density at radius 2 is 1.76 bits per heavy atom. The van der Waals surface area contributed by atoms with E-state index in [1.54, 1.807) is 54.3 Å². The molecule has 8 nitrogen and oxygen atoms in total. The van der Waals surface area contributed by atoms with E-state index in [0.29, 0.717) is 29.5 Å². The fraction of sp³-hybridized carbons (Fsp3) is 0.310. The summed E-state index contributed by atoms with van der Waals surface area (Å²) in [6.45, 7) is -0.568. The van der Waals surface area contributed by atoms with Crippen molar-refractivity contribution < 1.29 is 25.2 Å². The van der Waals surface area contributed by atoms with E-state index in [9.17, 15) is 20.4 Å². The summed E-state index contributed by atoms with van der Waals surface area (Å²) in [5.74, 6) is 11.3. The van der Waals surface area contributed by atoms with Gasteiger partial charge in [-0.1, -0.05) is 54.0 Å². The number of nitriles is 1. The zero-order valence-corrected chi connectivity index (χ0v) is 20.2. The SMILES string of the molecule is Cn1ncc(C#C[C@H]2O[C@H](CO)[C@@H](O)[C@H](O)[C@@]2(O)C#Cc2ccccc2)c1CCc1ccc(C#N)cc1. The summed E-state index contributed by atoms with van der Waals surface area (Å²) in [5.41, 5.74) is 1.51. The van der Waals surface area contributed by atoms with Crippen LogP contribution in [0.25, 0.3) is 0 Å². The number of benzene rings is 2. The Bertz CT molecular complexity index is 1390. The molecule has 0 radical (unpaired) electrons. The van der Waals surface area contributed by atoms with Crippen molar-refractivity contribution in [1.29, 1.82) is 5.26 Å². The fourth-order valence-electron chi connectivity index (χ4n) is 4.12. The smallest absolute Gasteiger partial charge is 0.191 e. The third-order valence-corrected chi connectivity index (χ3v) is 6.36. The van der Waals surface area contributed by atoms with Gasteiger partial charge < -0.3 is 25.2 Å². The molecule has 4 N–H and O–H groups in total. The van der Waals surface area contributed by atoms with Gasteiger partial charge in [-0.25, -0.2) is 0 Å². The second-order valence-corrected chi connectivity index (χ2v) is 8.82. The Morgan fingerprint density at radius 1 is 1.03 bits per heavy atom. The van der Waals surface area contributed by atoms with Crippen molar-refractivity contribution in [2.24, 2.45) is 7.05 Å². The number of rotatable bonds is 4. The normalized spacial score (nSPS) is 24.8. The summed E-state index contributed by atoms with van der Waals surface area (Å²) in [6.07, 6.45) is -2.81. The number of aryl methyl sites for hydroxylation is 2. The predicted molar refractivity (Wildman–Crippen MR) is 135 cm³/mol. The molecule has 4 rings (SSSR count). The number of hydrogen-bond acceptors (Lipinski definition) is 7. The number of aliphatic hydroxyl groups is 4. The monoisotopic (exact) mass is 497 g/mol. The Kier molecular flexibility index (Phi) is 8.06. The van der Waals surface area contributed by atoms with Crippen molar-refractivity contribution >= 4 is 0 Å². The van der Waals surface area contributed by atoms with Crippen LogP contribution >= 0.6 is 0 Å². The second kappa shape index (κ2) is 11.4. The average molecular weight is 498 g/mol. The van der Waals surface area contributed by atoms with Gasteiger partial charge in [-0.2, -0.15) is 10.4 Å². The summed E-state index contributed by atoms with van der Waals surface area (Å²) in [7, 11) is 1.81. The molecule has 37 heavy (non-hydrogen) atoms. The van der Waals surface area contributed by atoms with Crippen LogP contribution in [0.15, 0.2) is 60.8 Å². The Morgan fingerprint density at radius 3 is 2.43 bits per heavy atom. The van der Waals surface area contributed by atoms with Crippen LogP contribution in [0.5, 0.6) is 0 Å². The van der Waals surface area contributed by atoms with Gasteiger partial charge in [-0.05, 0) is 42.7 Å². The second-order valence-electron chi connectivity index (χ2n) is 8.82. The molecule has 1 fully saturated rings. The predicted octanol–water partition coefficient (Wildman–Crippen LogP) is 0.693. The topological polar surface area (TPSA) is 132 Å². The summed E-state index contributed by atoms with van der Waals surface area (Å²) in [5, 5.41) is 55.4. The third-order valence-electron chi connectivity index (χ3n) is 6.36. The fourth-order valence-corrected chi connectivity index (χ4v) is 4.12. The van der Waals surface area contributed by atoms with E-state index >= 15 is 0 Å². The van der Waals surface area contributed by atoms with Gasteiger partial charge in [0.2, 0.25) is 0 Å². The number of ether oxygens (including phenoxy) is 1. The lowest BCUT2D eigenvalue weighted by Crippen LogP contribution is -2.65. The van der Waals surface area contributed by atoms with Crippen LogP contribution in [0.2, 0.25) is 0 Å². The van der Waals surface area contributed by atoms with Gasteiger partial charge in [0.05, 0.1) is 35.7 Å². The molecule has 0 aliphatic carbocycles. The molecule has 1 aromatic heterocycles. The molecular weight excluding hydrogens is 470 g/mol. The van der Waals surface area contributed by atoms with Gasteiger partial charge in [0, 0.05) is 12.6 Å². The molecule has 1 aliphatic heterocycles. The van der Waals surface area contributed by atoms with Crippen molar-refractivity contribution in [1.82, 2.24) is 9.78 Å². The van der Waals surface area contributed by atoms with Crippen LogP contribution in [0.4, 0.5) is 0 Å². The first kappa shape index (κ1) is 26.1. The minimum absolute atomic E-state index is 0.568. The Balaban J connectivity index is 1.62. The minimum atomic E-state index is -2.21.